The van der Waals surface area contributed by atoms with E-state index in [1.165, 1.54) is 35.1 Å². The Kier molecular flexibility index (Phi) is 4.46. The minimum Gasteiger partial charge on any atom is -0.373 e. The molecule has 1 heterocycles. The SMILES string of the molecule is CN(CC1CCCCN1)c1ccc(I)cc1. The Bertz CT molecular complexity index is 317. The van der Waals surface area contributed by atoms with Crippen LogP contribution in [-0.2, 0) is 0 Å². The second kappa shape index (κ2) is 5.87. The number of nitrogens with one attached hydrogen (secondary N) is 1. The standard InChI is InChI=1S/C13H19IN2/c1-16(10-12-4-2-3-9-15-12)13-7-5-11(14)6-8-13/h5-8,12,15H,2-4,9-10H2,1H3. The number of anilines is 1. The van der Waals surface area contributed by atoms with Crippen molar-refractivity contribution in [2.75, 3.05) is 25.0 Å². The van der Waals surface area contributed by atoms with Gasteiger partial charge in [0.25, 0.3) is 0 Å². The van der Waals surface area contributed by atoms with Crippen molar-refractivity contribution in [3.05, 3.63) is 27.8 Å². The maximum Gasteiger partial charge on any atom is 0.0364 e. The van der Waals surface area contributed by atoms with Crippen LogP contribution in [-0.4, -0.2) is 26.2 Å². The van der Waals surface area contributed by atoms with Crippen LogP contribution in [0.2, 0.25) is 0 Å². The van der Waals surface area contributed by atoms with Gasteiger partial charge >= 0.3 is 0 Å². The lowest BCUT2D eigenvalue weighted by molar-refractivity contribution is 0.403. The van der Waals surface area contributed by atoms with Crippen molar-refractivity contribution in [2.24, 2.45) is 0 Å². The second-order valence-corrected chi connectivity index (χ2v) is 5.75. The summed E-state index contributed by atoms with van der Waals surface area (Å²) in [7, 11) is 2.18. The van der Waals surface area contributed by atoms with E-state index in [0.717, 1.165) is 6.54 Å². The number of piperidine rings is 1. The van der Waals surface area contributed by atoms with Crippen molar-refractivity contribution in [3.63, 3.8) is 0 Å². The summed E-state index contributed by atoms with van der Waals surface area (Å²) in [5.41, 5.74) is 1.31. The molecule has 3 heteroatoms. The zero-order valence-electron chi connectivity index (χ0n) is 9.75. The van der Waals surface area contributed by atoms with Crippen molar-refractivity contribution in [3.8, 4) is 0 Å². The molecule has 0 bridgehead atoms. The third-order valence-electron chi connectivity index (χ3n) is 3.17. The molecule has 1 aliphatic heterocycles. The summed E-state index contributed by atoms with van der Waals surface area (Å²) in [6.45, 7) is 2.30. The normalized spacial score (nSPS) is 20.8. The number of nitrogens with zero attached hydrogens (tertiary/aromatic N) is 1. The van der Waals surface area contributed by atoms with E-state index in [2.05, 4.69) is 64.1 Å². The first-order valence-electron chi connectivity index (χ1n) is 5.96. The molecule has 1 aromatic rings. The molecule has 0 saturated carbocycles. The zero-order chi connectivity index (χ0) is 11.4. The summed E-state index contributed by atoms with van der Waals surface area (Å²) in [5.74, 6) is 0. The predicted molar refractivity (Wildman–Crippen MR) is 78.1 cm³/mol. The molecule has 0 spiro atoms. The van der Waals surface area contributed by atoms with Gasteiger partial charge in [0.15, 0.2) is 0 Å². The van der Waals surface area contributed by atoms with E-state index < -0.39 is 0 Å². The number of likely N-dealkylation sites (N-methyl/N-ethyl adjacent to an activating group) is 1. The zero-order valence-corrected chi connectivity index (χ0v) is 11.9. The van der Waals surface area contributed by atoms with Gasteiger partial charge in [-0.2, -0.15) is 0 Å². The average Bonchev–Trinajstić information content (AvgIpc) is 2.31. The third-order valence-corrected chi connectivity index (χ3v) is 3.89. The van der Waals surface area contributed by atoms with Gasteiger partial charge < -0.3 is 10.2 Å². The monoisotopic (exact) mass is 330 g/mol. The smallest absolute Gasteiger partial charge is 0.0364 e. The quantitative estimate of drug-likeness (QED) is 0.858. The van der Waals surface area contributed by atoms with Gasteiger partial charge in [-0.15, -0.1) is 0 Å². The van der Waals surface area contributed by atoms with Crippen LogP contribution in [0.4, 0.5) is 5.69 Å². The van der Waals surface area contributed by atoms with Crippen LogP contribution < -0.4 is 10.2 Å². The van der Waals surface area contributed by atoms with E-state index in [0.29, 0.717) is 6.04 Å². The molecule has 1 unspecified atom stereocenters. The summed E-state index contributed by atoms with van der Waals surface area (Å²) in [6, 6.07) is 9.40. The van der Waals surface area contributed by atoms with Crippen LogP contribution >= 0.6 is 22.6 Å². The van der Waals surface area contributed by atoms with E-state index in [1.54, 1.807) is 0 Å². The van der Waals surface area contributed by atoms with Crippen molar-refractivity contribution >= 4 is 28.3 Å². The molecule has 2 rings (SSSR count). The third kappa shape index (κ3) is 3.35. The van der Waals surface area contributed by atoms with Gasteiger partial charge in [0.05, 0.1) is 0 Å². The molecule has 1 fully saturated rings. The van der Waals surface area contributed by atoms with E-state index in [4.69, 9.17) is 0 Å². The second-order valence-electron chi connectivity index (χ2n) is 4.50. The molecule has 0 aromatic heterocycles. The van der Waals surface area contributed by atoms with Gasteiger partial charge in [0, 0.05) is 28.9 Å². The molecule has 1 N–H and O–H groups in total. The molecule has 0 amide bonds. The lowest BCUT2D eigenvalue weighted by Crippen LogP contribution is -2.42. The molecule has 1 saturated heterocycles. The maximum atomic E-state index is 3.59. The molecule has 0 aliphatic carbocycles. The largest absolute Gasteiger partial charge is 0.373 e. The highest BCUT2D eigenvalue weighted by Gasteiger charge is 2.14. The molecule has 2 nitrogen and oxygen atoms in total. The highest BCUT2D eigenvalue weighted by atomic mass is 127. The van der Waals surface area contributed by atoms with E-state index >= 15 is 0 Å². The summed E-state index contributed by atoms with van der Waals surface area (Å²) < 4.78 is 1.30. The van der Waals surface area contributed by atoms with Crippen LogP contribution in [0, 0.1) is 3.57 Å². The fourth-order valence-corrected chi connectivity index (χ4v) is 2.57. The number of rotatable bonds is 3. The highest BCUT2D eigenvalue weighted by molar-refractivity contribution is 14.1. The lowest BCUT2D eigenvalue weighted by Gasteiger charge is -2.29. The fraction of sp³-hybridized carbons (Fsp3) is 0.538. The number of halogens is 1. The first kappa shape index (κ1) is 12.2. The maximum absolute atomic E-state index is 3.59. The lowest BCUT2D eigenvalue weighted by atomic mass is 10.0. The highest BCUT2D eigenvalue weighted by Crippen LogP contribution is 2.16. The predicted octanol–water partition coefficient (Wildman–Crippen LogP) is 2.87. The Morgan fingerprint density at radius 2 is 2.06 bits per heavy atom. The van der Waals surface area contributed by atoms with Gasteiger partial charge in [0.1, 0.15) is 0 Å². The van der Waals surface area contributed by atoms with Gasteiger partial charge in [-0.3, -0.25) is 0 Å². The van der Waals surface area contributed by atoms with Crippen LogP contribution in [0.15, 0.2) is 24.3 Å². The minimum absolute atomic E-state index is 0.665. The topological polar surface area (TPSA) is 15.3 Å². The van der Waals surface area contributed by atoms with Gasteiger partial charge in [-0.05, 0) is 66.2 Å². The van der Waals surface area contributed by atoms with Gasteiger partial charge in [0.2, 0.25) is 0 Å². The van der Waals surface area contributed by atoms with Crippen LogP contribution in [0.1, 0.15) is 19.3 Å². The van der Waals surface area contributed by atoms with Crippen molar-refractivity contribution in [2.45, 2.75) is 25.3 Å². The molecule has 1 aromatic carbocycles. The Labute approximate surface area is 112 Å². The van der Waals surface area contributed by atoms with Gasteiger partial charge in [-0.25, -0.2) is 0 Å². The van der Waals surface area contributed by atoms with E-state index in [-0.39, 0.29) is 0 Å². The summed E-state index contributed by atoms with van der Waals surface area (Å²) in [5, 5.41) is 3.59. The molecule has 88 valence electrons. The van der Waals surface area contributed by atoms with Crippen LogP contribution in [0.5, 0.6) is 0 Å². The number of benzene rings is 1. The summed E-state index contributed by atoms with van der Waals surface area (Å²) >= 11 is 2.34. The van der Waals surface area contributed by atoms with Crippen molar-refractivity contribution in [1.82, 2.24) is 5.32 Å². The first-order chi connectivity index (χ1) is 7.75. The van der Waals surface area contributed by atoms with E-state index in [9.17, 15) is 0 Å². The molecule has 1 atom stereocenters. The van der Waals surface area contributed by atoms with Crippen LogP contribution in [0.25, 0.3) is 0 Å². The minimum atomic E-state index is 0.665. The number of hydrogen-bond acceptors (Lipinski definition) is 2. The summed E-state index contributed by atoms with van der Waals surface area (Å²) in [6.07, 6.45) is 4.02. The van der Waals surface area contributed by atoms with E-state index in [1.807, 2.05) is 0 Å². The molecular formula is C13H19IN2. The van der Waals surface area contributed by atoms with Crippen molar-refractivity contribution in [1.29, 1.82) is 0 Å². The van der Waals surface area contributed by atoms with Gasteiger partial charge in [-0.1, -0.05) is 6.42 Å². The Morgan fingerprint density at radius 1 is 1.31 bits per heavy atom. The molecule has 0 radical (unpaired) electrons. The Balaban J connectivity index is 1.91. The Hall–Kier alpha value is -0.290. The average molecular weight is 330 g/mol. The summed E-state index contributed by atoms with van der Waals surface area (Å²) in [4.78, 5) is 2.35. The van der Waals surface area contributed by atoms with Crippen molar-refractivity contribution < 1.29 is 0 Å². The molecule has 16 heavy (non-hydrogen) atoms. The molecule has 1 aliphatic rings. The Morgan fingerprint density at radius 3 is 2.69 bits per heavy atom. The first-order valence-corrected chi connectivity index (χ1v) is 7.03. The fourth-order valence-electron chi connectivity index (χ4n) is 2.21. The number of hydrogen-bond donors (Lipinski definition) is 1. The molecular weight excluding hydrogens is 311 g/mol. The van der Waals surface area contributed by atoms with Crippen LogP contribution in [0.3, 0.4) is 0 Å².